The summed E-state index contributed by atoms with van der Waals surface area (Å²) in [5.74, 6) is -0.553. The third-order valence-corrected chi connectivity index (χ3v) is 3.89. The maximum Gasteiger partial charge on any atom is 0.313 e. The SMILES string of the molecule is CC(=O)NC(CC(=O)Oc1cccc(Cl)c1Cl)c1ccccc1. The Hall–Kier alpha value is -2.04. The number of esters is 1. The lowest BCUT2D eigenvalue weighted by atomic mass is 10.0. The zero-order chi connectivity index (χ0) is 16.8. The predicted molar refractivity (Wildman–Crippen MR) is 89.7 cm³/mol. The van der Waals surface area contributed by atoms with Crippen LogP contribution in [0.5, 0.6) is 5.75 Å². The van der Waals surface area contributed by atoms with Crippen LogP contribution in [-0.2, 0) is 9.59 Å². The van der Waals surface area contributed by atoms with Gasteiger partial charge in [-0.25, -0.2) is 0 Å². The van der Waals surface area contributed by atoms with Gasteiger partial charge >= 0.3 is 5.97 Å². The van der Waals surface area contributed by atoms with Crippen molar-refractivity contribution in [3.63, 3.8) is 0 Å². The summed E-state index contributed by atoms with van der Waals surface area (Å²) in [6.07, 6.45) is -0.0214. The Morgan fingerprint density at radius 1 is 1.09 bits per heavy atom. The van der Waals surface area contributed by atoms with Gasteiger partial charge in [0.15, 0.2) is 5.75 Å². The molecule has 2 aromatic carbocycles. The second-order valence-electron chi connectivity index (χ2n) is 4.89. The summed E-state index contributed by atoms with van der Waals surface area (Å²) in [6, 6.07) is 13.5. The van der Waals surface area contributed by atoms with Crippen molar-refractivity contribution in [3.8, 4) is 5.75 Å². The minimum Gasteiger partial charge on any atom is -0.425 e. The van der Waals surface area contributed by atoms with Crippen LogP contribution in [0.3, 0.4) is 0 Å². The number of benzene rings is 2. The van der Waals surface area contributed by atoms with Gasteiger partial charge < -0.3 is 10.1 Å². The summed E-state index contributed by atoms with van der Waals surface area (Å²) in [7, 11) is 0. The van der Waals surface area contributed by atoms with E-state index < -0.39 is 12.0 Å². The number of halogens is 2. The molecule has 0 saturated heterocycles. The first-order valence-electron chi connectivity index (χ1n) is 6.94. The quantitative estimate of drug-likeness (QED) is 0.649. The molecule has 23 heavy (non-hydrogen) atoms. The first-order valence-corrected chi connectivity index (χ1v) is 7.69. The number of hydrogen-bond donors (Lipinski definition) is 1. The third-order valence-electron chi connectivity index (χ3n) is 3.09. The second kappa shape index (κ2) is 7.99. The number of nitrogens with one attached hydrogen (secondary N) is 1. The van der Waals surface area contributed by atoms with Crippen molar-refractivity contribution in [3.05, 3.63) is 64.1 Å². The Morgan fingerprint density at radius 2 is 1.78 bits per heavy atom. The molecule has 0 fully saturated rings. The van der Waals surface area contributed by atoms with Gasteiger partial charge in [-0.2, -0.15) is 0 Å². The third kappa shape index (κ3) is 4.98. The van der Waals surface area contributed by atoms with E-state index in [9.17, 15) is 9.59 Å². The molecule has 2 aromatic rings. The van der Waals surface area contributed by atoms with Gasteiger partial charge in [-0.15, -0.1) is 0 Å². The van der Waals surface area contributed by atoms with E-state index in [-0.39, 0.29) is 23.1 Å². The summed E-state index contributed by atoms with van der Waals surface area (Å²) >= 11 is 11.9. The van der Waals surface area contributed by atoms with E-state index in [1.165, 1.54) is 6.92 Å². The van der Waals surface area contributed by atoms with Crippen LogP contribution in [0.4, 0.5) is 0 Å². The topological polar surface area (TPSA) is 55.4 Å². The van der Waals surface area contributed by atoms with Gasteiger partial charge in [0.05, 0.1) is 17.5 Å². The fraction of sp³-hybridized carbons (Fsp3) is 0.176. The van der Waals surface area contributed by atoms with Crippen molar-refractivity contribution in [2.24, 2.45) is 0 Å². The lowest BCUT2D eigenvalue weighted by molar-refractivity contribution is -0.135. The van der Waals surface area contributed by atoms with Crippen molar-refractivity contribution >= 4 is 35.1 Å². The van der Waals surface area contributed by atoms with Gasteiger partial charge in [0.1, 0.15) is 5.02 Å². The van der Waals surface area contributed by atoms with Crippen molar-refractivity contribution in [2.45, 2.75) is 19.4 Å². The summed E-state index contributed by atoms with van der Waals surface area (Å²) in [6.45, 7) is 1.40. The molecule has 0 heterocycles. The molecule has 6 heteroatoms. The Kier molecular flexibility index (Phi) is 6.02. The van der Waals surface area contributed by atoms with Gasteiger partial charge in [0.2, 0.25) is 5.91 Å². The molecule has 2 rings (SSSR count). The van der Waals surface area contributed by atoms with E-state index in [0.29, 0.717) is 5.02 Å². The minimum absolute atomic E-state index is 0.0214. The molecule has 120 valence electrons. The van der Waals surface area contributed by atoms with Crippen molar-refractivity contribution < 1.29 is 14.3 Å². The smallest absolute Gasteiger partial charge is 0.313 e. The van der Waals surface area contributed by atoms with Crippen LogP contribution in [0.2, 0.25) is 10.0 Å². The number of ether oxygens (including phenoxy) is 1. The molecular weight excluding hydrogens is 337 g/mol. The highest BCUT2D eigenvalue weighted by Crippen LogP contribution is 2.32. The molecule has 0 aliphatic heterocycles. The van der Waals surface area contributed by atoms with Gasteiger partial charge in [-0.1, -0.05) is 59.6 Å². The van der Waals surface area contributed by atoms with Crippen LogP contribution in [0, 0.1) is 0 Å². The average molecular weight is 352 g/mol. The van der Waals surface area contributed by atoms with Crippen LogP contribution in [0.1, 0.15) is 24.9 Å². The maximum atomic E-state index is 12.2. The average Bonchev–Trinajstić information content (AvgIpc) is 2.51. The molecule has 1 N–H and O–H groups in total. The molecule has 4 nitrogen and oxygen atoms in total. The molecule has 0 bridgehead atoms. The highest BCUT2D eigenvalue weighted by Gasteiger charge is 2.19. The molecule has 0 aliphatic rings. The van der Waals surface area contributed by atoms with Crippen LogP contribution in [0.15, 0.2) is 48.5 Å². The van der Waals surface area contributed by atoms with E-state index >= 15 is 0 Å². The molecular formula is C17H15Cl2NO3. The lowest BCUT2D eigenvalue weighted by Crippen LogP contribution is -2.29. The molecule has 1 amide bonds. The lowest BCUT2D eigenvalue weighted by Gasteiger charge is -2.17. The molecule has 0 aromatic heterocycles. The Balaban J connectivity index is 2.11. The van der Waals surface area contributed by atoms with E-state index in [1.54, 1.807) is 18.2 Å². The second-order valence-corrected chi connectivity index (χ2v) is 5.68. The molecule has 0 aliphatic carbocycles. The van der Waals surface area contributed by atoms with E-state index in [0.717, 1.165) is 5.56 Å². The Bertz CT molecular complexity index is 704. The Morgan fingerprint density at radius 3 is 2.43 bits per heavy atom. The number of amides is 1. The molecule has 0 spiro atoms. The zero-order valence-corrected chi connectivity index (χ0v) is 13.9. The van der Waals surface area contributed by atoms with Gasteiger partial charge in [-0.05, 0) is 17.7 Å². The number of carbonyl (C=O) groups excluding carboxylic acids is 2. The normalized spacial score (nSPS) is 11.6. The molecule has 1 unspecified atom stereocenters. The van der Waals surface area contributed by atoms with Gasteiger partial charge in [0, 0.05) is 6.92 Å². The number of hydrogen-bond acceptors (Lipinski definition) is 3. The summed E-state index contributed by atoms with van der Waals surface area (Å²) in [4.78, 5) is 23.5. The first kappa shape index (κ1) is 17.3. The summed E-state index contributed by atoms with van der Waals surface area (Å²) < 4.78 is 5.25. The number of rotatable bonds is 5. The number of carbonyl (C=O) groups is 2. The zero-order valence-electron chi connectivity index (χ0n) is 12.4. The standard InChI is InChI=1S/C17H15Cl2NO3/c1-11(21)20-14(12-6-3-2-4-7-12)10-16(22)23-15-9-5-8-13(18)17(15)19/h2-9,14H,10H2,1H3,(H,20,21). The summed E-state index contributed by atoms with van der Waals surface area (Å²) in [5.41, 5.74) is 0.817. The van der Waals surface area contributed by atoms with E-state index in [4.69, 9.17) is 27.9 Å². The van der Waals surface area contributed by atoms with Crippen LogP contribution < -0.4 is 10.1 Å². The van der Waals surface area contributed by atoms with Crippen molar-refractivity contribution in [2.75, 3.05) is 0 Å². The van der Waals surface area contributed by atoms with Crippen LogP contribution in [0.25, 0.3) is 0 Å². The molecule has 1 atom stereocenters. The van der Waals surface area contributed by atoms with Gasteiger partial charge in [-0.3, -0.25) is 9.59 Å². The fourth-order valence-corrected chi connectivity index (χ4v) is 2.41. The van der Waals surface area contributed by atoms with Crippen molar-refractivity contribution in [1.29, 1.82) is 0 Å². The highest BCUT2D eigenvalue weighted by molar-refractivity contribution is 6.43. The van der Waals surface area contributed by atoms with Crippen molar-refractivity contribution in [1.82, 2.24) is 5.32 Å². The largest absolute Gasteiger partial charge is 0.425 e. The van der Waals surface area contributed by atoms with Crippen LogP contribution >= 0.6 is 23.2 Å². The maximum absolute atomic E-state index is 12.2. The van der Waals surface area contributed by atoms with E-state index in [1.807, 2.05) is 30.3 Å². The Labute approximate surface area is 144 Å². The predicted octanol–water partition coefficient (Wildman–Crippen LogP) is 4.17. The minimum atomic E-state index is -0.517. The van der Waals surface area contributed by atoms with Gasteiger partial charge in [0.25, 0.3) is 0 Å². The molecule has 0 saturated carbocycles. The fourth-order valence-electron chi connectivity index (χ4n) is 2.08. The summed E-state index contributed by atoms with van der Waals surface area (Å²) in [5, 5.41) is 3.22. The highest BCUT2D eigenvalue weighted by atomic mass is 35.5. The van der Waals surface area contributed by atoms with E-state index in [2.05, 4.69) is 5.32 Å². The van der Waals surface area contributed by atoms with Crippen LogP contribution in [-0.4, -0.2) is 11.9 Å². The monoisotopic (exact) mass is 351 g/mol. The first-order chi connectivity index (χ1) is 11.0. The molecule has 0 radical (unpaired) electrons.